The Labute approximate surface area is 159 Å². The molecule has 2 aromatic rings. The topological polar surface area (TPSA) is 58.1 Å². The molecule has 3 heterocycles. The number of anilines is 1. The minimum absolute atomic E-state index is 0.0512. The molecule has 1 saturated heterocycles. The van der Waals surface area contributed by atoms with Gasteiger partial charge in [-0.2, -0.15) is 13.2 Å². The molecule has 0 radical (unpaired) electrons. The van der Waals surface area contributed by atoms with Crippen molar-refractivity contribution in [1.29, 1.82) is 0 Å². The molecule has 1 aliphatic heterocycles. The standard InChI is InChI=1S/C18H21F3N4OS/c1-11-15(27-12(2)23-11)8-17(26)24-14-4-3-7-25(10-14)16-6-5-13(9-22-16)18(19,20)21/h5-6,9,14H,3-4,7-8,10H2,1-2H3,(H,24,26). The van der Waals surface area contributed by atoms with E-state index in [2.05, 4.69) is 15.3 Å². The monoisotopic (exact) mass is 398 g/mol. The van der Waals surface area contributed by atoms with Gasteiger partial charge >= 0.3 is 6.18 Å². The van der Waals surface area contributed by atoms with Crippen molar-refractivity contribution in [3.05, 3.63) is 39.5 Å². The van der Waals surface area contributed by atoms with E-state index in [9.17, 15) is 18.0 Å². The van der Waals surface area contributed by atoms with Crippen molar-refractivity contribution in [3.8, 4) is 0 Å². The molecule has 1 amide bonds. The Bertz CT molecular complexity index is 804. The van der Waals surface area contributed by atoms with Gasteiger partial charge in [-0.1, -0.05) is 0 Å². The van der Waals surface area contributed by atoms with Crippen LogP contribution in [-0.4, -0.2) is 35.0 Å². The van der Waals surface area contributed by atoms with E-state index < -0.39 is 11.7 Å². The maximum Gasteiger partial charge on any atom is 0.417 e. The van der Waals surface area contributed by atoms with Crippen molar-refractivity contribution in [1.82, 2.24) is 15.3 Å². The van der Waals surface area contributed by atoms with Crippen molar-refractivity contribution in [3.63, 3.8) is 0 Å². The molecular weight excluding hydrogens is 377 g/mol. The number of aromatic nitrogens is 2. The molecule has 1 atom stereocenters. The molecular formula is C18H21F3N4OS. The molecule has 27 heavy (non-hydrogen) atoms. The molecule has 0 spiro atoms. The molecule has 1 unspecified atom stereocenters. The number of aryl methyl sites for hydroxylation is 2. The summed E-state index contributed by atoms with van der Waals surface area (Å²) in [5.74, 6) is 0.435. The smallest absolute Gasteiger partial charge is 0.355 e. The number of hydrogen-bond acceptors (Lipinski definition) is 5. The lowest BCUT2D eigenvalue weighted by Gasteiger charge is -2.34. The summed E-state index contributed by atoms with van der Waals surface area (Å²) in [6, 6.07) is 2.38. The quantitative estimate of drug-likeness (QED) is 0.857. The number of hydrogen-bond donors (Lipinski definition) is 1. The highest BCUT2D eigenvalue weighted by Gasteiger charge is 2.31. The number of carbonyl (C=O) groups is 1. The Morgan fingerprint density at radius 1 is 1.37 bits per heavy atom. The molecule has 3 rings (SSSR count). The molecule has 0 aliphatic carbocycles. The van der Waals surface area contributed by atoms with Gasteiger partial charge in [-0.05, 0) is 38.8 Å². The summed E-state index contributed by atoms with van der Waals surface area (Å²) in [5.41, 5.74) is 0.121. The Kier molecular flexibility index (Phi) is 5.69. The molecule has 1 fully saturated rings. The van der Waals surface area contributed by atoms with E-state index in [1.54, 1.807) is 0 Å². The second-order valence-electron chi connectivity index (χ2n) is 6.67. The first kappa shape index (κ1) is 19.6. The zero-order valence-electron chi connectivity index (χ0n) is 15.1. The van der Waals surface area contributed by atoms with Crippen LogP contribution in [0.3, 0.4) is 0 Å². The first-order valence-corrected chi connectivity index (χ1v) is 9.54. The maximum atomic E-state index is 12.7. The highest BCUT2D eigenvalue weighted by atomic mass is 32.1. The predicted molar refractivity (Wildman–Crippen MR) is 97.9 cm³/mol. The summed E-state index contributed by atoms with van der Waals surface area (Å²) >= 11 is 1.52. The number of alkyl halides is 3. The van der Waals surface area contributed by atoms with Crippen LogP contribution in [0.2, 0.25) is 0 Å². The van der Waals surface area contributed by atoms with Crippen LogP contribution in [0.1, 0.15) is 34.0 Å². The van der Waals surface area contributed by atoms with Crippen LogP contribution < -0.4 is 10.2 Å². The third-order valence-electron chi connectivity index (χ3n) is 4.51. The molecule has 1 aliphatic rings. The van der Waals surface area contributed by atoms with E-state index in [0.29, 0.717) is 25.3 Å². The van der Waals surface area contributed by atoms with Crippen LogP contribution in [0.25, 0.3) is 0 Å². The third-order valence-corrected chi connectivity index (χ3v) is 5.58. The van der Waals surface area contributed by atoms with E-state index in [-0.39, 0.29) is 11.9 Å². The van der Waals surface area contributed by atoms with Crippen molar-refractivity contribution >= 4 is 23.1 Å². The van der Waals surface area contributed by atoms with E-state index >= 15 is 0 Å². The van der Waals surface area contributed by atoms with Gasteiger partial charge in [-0.3, -0.25) is 4.79 Å². The van der Waals surface area contributed by atoms with Gasteiger partial charge in [0.2, 0.25) is 5.91 Å². The second kappa shape index (κ2) is 7.84. The number of halogens is 3. The van der Waals surface area contributed by atoms with Crippen molar-refractivity contribution < 1.29 is 18.0 Å². The molecule has 0 saturated carbocycles. The van der Waals surface area contributed by atoms with Gasteiger partial charge in [-0.15, -0.1) is 11.3 Å². The lowest BCUT2D eigenvalue weighted by Crippen LogP contribution is -2.48. The number of carbonyl (C=O) groups excluding carboxylic acids is 1. The first-order valence-electron chi connectivity index (χ1n) is 8.73. The molecule has 2 aromatic heterocycles. The lowest BCUT2D eigenvalue weighted by molar-refractivity contribution is -0.137. The fourth-order valence-corrected chi connectivity index (χ4v) is 4.14. The average Bonchev–Trinajstić information content (AvgIpc) is 2.91. The van der Waals surface area contributed by atoms with Crippen LogP contribution >= 0.6 is 11.3 Å². The normalized spacial score (nSPS) is 17.8. The van der Waals surface area contributed by atoms with Crippen molar-refractivity contribution in [2.45, 2.75) is 45.3 Å². The fraction of sp³-hybridized carbons (Fsp3) is 0.500. The number of nitrogens with zero attached hydrogens (tertiary/aromatic N) is 3. The Morgan fingerprint density at radius 2 is 2.15 bits per heavy atom. The average molecular weight is 398 g/mol. The molecule has 146 valence electrons. The highest BCUT2D eigenvalue weighted by molar-refractivity contribution is 7.11. The van der Waals surface area contributed by atoms with Gasteiger partial charge in [0.05, 0.1) is 22.7 Å². The zero-order valence-corrected chi connectivity index (χ0v) is 16.0. The first-order chi connectivity index (χ1) is 12.7. The largest absolute Gasteiger partial charge is 0.417 e. The highest BCUT2D eigenvalue weighted by Crippen LogP contribution is 2.29. The van der Waals surface area contributed by atoms with Gasteiger partial charge in [0.1, 0.15) is 5.82 Å². The van der Waals surface area contributed by atoms with Crippen LogP contribution in [0, 0.1) is 13.8 Å². The van der Waals surface area contributed by atoms with Gasteiger partial charge in [0.25, 0.3) is 0 Å². The Hall–Kier alpha value is -2.16. The number of piperidine rings is 1. The number of rotatable bonds is 4. The summed E-state index contributed by atoms with van der Waals surface area (Å²) in [6.45, 7) is 5.04. The SMILES string of the molecule is Cc1nc(C)c(CC(=O)NC2CCCN(c3ccc(C(F)(F)F)cn3)C2)s1. The van der Waals surface area contributed by atoms with E-state index in [0.717, 1.165) is 40.7 Å². The van der Waals surface area contributed by atoms with Gasteiger partial charge in [0, 0.05) is 30.2 Å². The molecule has 0 bridgehead atoms. The van der Waals surface area contributed by atoms with Gasteiger partial charge in [-0.25, -0.2) is 9.97 Å². The zero-order chi connectivity index (χ0) is 19.6. The minimum Gasteiger partial charge on any atom is -0.355 e. The number of thiazole rings is 1. The van der Waals surface area contributed by atoms with Crippen LogP contribution in [0.15, 0.2) is 18.3 Å². The number of amides is 1. The van der Waals surface area contributed by atoms with E-state index in [1.807, 2.05) is 18.7 Å². The minimum atomic E-state index is -4.39. The summed E-state index contributed by atoms with van der Waals surface area (Å²) < 4.78 is 38.0. The molecule has 5 nitrogen and oxygen atoms in total. The van der Waals surface area contributed by atoms with E-state index in [4.69, 9.17) is 0 Å². The van der Waals surface area contributed by atoms with Crippen LogP contribution in [0.5, 0.6) is 0 Å². The second-order valence-corrected chi connectivity index (χ2v) is 7.96. The van der Waals surface area contributed by atoms with Gasteiger partial charge in [0.15, 0.2) is 0 Å². The van der Waals surface area contributed by atoms with Crippen LogP contribution in [-0.2, 0) is 17.4 Å². The van der Waals surface area contributed by atoms with Crippen LogP contribution in [0.4, 0.5) is 19.0 Å². The van der Waals surface area contributed by atoms with Gasteiger partial charge < -0.3 is 10.2 Å². The Morgan fingerprint density at radius 3 is 2.74 bits per heavy atom. The summed E-state index contributed by atoms with van der Waals surface area (Å²) in [4.78, 5) is 23.5. The third kappa shape index (κ3) is 4.97. The summed E-state index contributed by atoms with van der Waals surface area (Å²) in [6.07, 6.45) is -1.56. The summed E-state index contributed by atoms with van der Waals surface area (Å²) in [5, 5.41) is 3.97. The van der Waals surface area contributed by atoms with E-state index in [1.165, 1.54) is 17.4 Å². The molecule has 9 heteroatoms. The fourth-order valence-electron chi connectivity index (χ4n) is 3.21. The van der Waals surface area contributed by atoms with Crippen molar-refractivity contribution in [2.75, 3.05) is 18.0 Å². The lowest BCUT2D eigenvalue weighted by atomic mass is 10.1. The predicted octanol–water partition coefficient (Wildman–Crippen LogP) is 3.50. The Balaban J connectivity index is 1.59. The number of nitrogens with one attached hydrogen (secondary N) is 1. The molecule has 0 aromatic carbocycles. The van der Waals surface area contributed by atoms with Crippen molar-refractivity contribution in [2.24, 2.45) is 0 Å². The summed E-state index contributed by atoms with van der Waals surface area (Å²) in [7, 11) is 0. The maximum absolute atomic E-state index is 12.7. The number of pyridine rings is 1. The molecule has 1 N–H and O–H groups in total.